The van der Waals surface area contributed by atoms with Crippen LogP contribution in [0.4, 0.5) is 0 Å². The summed E-state index contributed by atoms with van der Waals surface area (Å²) >= 11 is 0. The minimum atomic E-state index is -0.939. The van der Waals surface area contributed by atoms with Crippen molar-refractivity contribution in [2.45, 2.75) is 45.8 Å². The van der Waals surface area contributed by atoms with E-state index in [2.05, 4.69) is 23.9 Å². The molecule has 0 aliphatic heterocycles. The molecule has 0 aliphatic carbocycles. The molecular formula is C15H21N3O. The maximum Gasteiger partial charge on any atom is 0.138 e. The third kappa shape index (κ3) is 2.84. The van der Waals surface area contributed by atoms with Crippen LogP contribution in [0.2, 0.25) is 0 Å². The van der Waals surface area contributed by atoms with Gasteiger partial charge in [-0.3, -0.25) is 0 Å². The number of rotatable bonds is 4. The molecule has 0 radical (unpaired) electrons. The number of hydrogen-bond donors (Lipinski definition) is 1. The van der Waals surface area contributed by atoms with Crippen LogP contribution in [0.1, 0.15) is 43.8 Å². The Hall–Kier alpha value is -1.68. The maximum absolute atomic E-state index is 10.8. The smallest absolute Gasteiger partial charge is 0.138 e. The third-order valence-corrected chi connectivity index (χ3v) is 3.36. The van der Waals surface area contributed by atoms with Crippen LogP contribution in [0.5, 0.6) is 0 Å². The lowest BCUT2D eigenvalue weighted by Crippen LogP contribution is -2.27. The van der Waals surface area contributed by atoms with Crippen molar-refractivity contribution < 1.29 is 5.11 Å². The Morgan fingerprint density at radius 2 is 2.00 bits per heavy atom. The summed E-state index contributed by atoms with van der Waals surface area (Å²) in [6, 6.07) is 8.14. The highest BCUT2D eigenvalue weighted by molar-refractivity contribution is 5.31. The number of aromatic nitrogens is 3. The summed E-state index contributed by atoms with van der Waals surface area (Å²) in [7, 11) is 0. The van der Waals surface area contributed by atoms with Gasteiger partial charge in [-0.05, 0) is 38.8 Å². The Morgan fingerprint density at radius 1 is 1.32 bits per heavy atom. The quantitative estimate of drug-likeness (QED) is 0.918. The van der Waals surface area contributed by atoms with E-state index in [1.165, 1.54) is 0 Å². The van der Waals surface area contributed by atoms with E-state index >= 15 is 0 Å². The van der Waals surface area contributed by atoms with Crippen LogP contribution in [-0.4, -0.2) is 19.9 Å². The molecule has 0 saturated heterocycles. The molecule has 2 aromatic rings. The number of nitrogens with zero attached hydrogens (tertiary/aromatic N) is 3. The maximum atomic E-state index is 10.8. The molecule has 19 heavy (non-hydrogen) atoms. The Morgan fingerprint density at radius 3 is 2.63 bits per heavy atom. The first-order chi connectivity index (χ1) is 8.92. The van der Waals surface area contributed by atoms with Gasteiger partial charge in [0.25, 0.3) is 0 Å². The molecule has 4 nitrogen and oxygen atoms in total. The van der Waals surface area contributed by atoms with Crippen molar-refractivity contribution in [1.82, 2.24) is 14.8 Å². The van der Waals surface area contributed by atoms with Crippen LogP contribution < -0.4 is 0 Å². The van der Waals surface area contributed by atoms with E-state index in [0.717, 1.165) is 17.0 Å². The molecular weight excluding hydrogens is 238 g/mol. The van der Waals surface area contributed by atoms with Crippen LogP contribution in [0.25, 0.3) is 0 Å². The number of hydrogen-bond acceptors (Lipinski definition) is 3. The molecule has 0 aliphatic rings. The molecule has 1 heterocycles. The fourth-order valence-corrected chi connectivity index (χ4v) is 2.41. The molecule has 4 heteroatoms. The second-order valence-electron chi connectivity index (χ2n) is 5.48. The third-order valence-electron chi connectivity index (χ3n) is 3.36. The summed E-state index contributed by atoms with van der Waals surface area (Å²) in [5.74, 6) is 0.809. The van der Waals surface area contributed by atoms with E-state index < -0.39 is 5.60 Å². The van der Waals surface area contributed by atoms with Crippen molar-refractivity contribution in [2.24, 2.45) is 0 Å². The van der Waals surface area contributed by atoms with Gasteiger partial charge in [0, 0.05) is 12.5 Å². The largest absolute Gasteiger partial charge is 0.385 e. The van der Waals surface area contributed by atoms with Crippen molar-refractivity contribution in [3.8, 4) is 0 Å². The molecule has 0 amide bonds. The summed E-state index contributed by atoms with van der Waals surface area (Å²) < 4.78 is 1.85. The lowest BCUT2D eigenvalue weighted by Gasteiger charge is -2.25. The first-order valence-electron chi connectivity index (χ1n) is 6.58. The first kappa shape index (κ1) is 13.7. The molecule has 102 valence electrons. The molecule has 1 aromatic carbocycles. The lowest BCUT2D eigenvalue weighted by molar-refractivity contribution is 0.0533. The zero-order valence-corrected chi connectivity index (χ0v) is 12.0. The summed E-state index contributed by atoms with van der Waals surface area (Å²) in [4.78, 5) is 4.27. The highest BCUT2D eigenvalue weighted by Gasteiger charge is 2.27. The SMILES string of the molecule is Cc1ccccc1C(C)(O)Cc1ncnn1C(C)C. The average Bonchev–Trinajstić information content (AvgIpc) is 2.76. The molecule has 0 fully saturated rings. The lowest BCUT2D eigenvalue weighted by atomic mass is 9.89. The highest BCUT2D eigenvalue weighted by atomic mass is 16.3. The van der Waals surface area contributed by atoms with Gasteiger partial charge in [0.2, 0.25) is 0 Å². The van der Waals surface area contributed by atoms with Crippen molar-refractivity contribution >= 4 is 0 Å². The summed E-state index contributed by atoms with van der Waals surface area (Å²) in [5.41, 5.74) is 1.08. The van der Waals surface area contributed by atoms with E-state index in [-0.39, 0.29) is 6.04 Å². The van der Waals surface area contributed by atoms with E-state index in [1.54, 1.807) is 6.33 Å². The van der Waals surface area contributed by atoms with E-state index in [9.17, 15) is 5.11 Å². The van der Waals surface area contributed by atoms with Crippen molar-refractivity contribution in [2.75, 3.05) is 0 Å². The van der Waals surface area contributed by atoms with Crippen LogP contribution in [0, 0.1) is 6.92 Å². The second kappa shape index (κ2) is 5.13. The van der Waals surface area contributed by atoms with Gasteiger partial charge in [-0.1, -0.05) is 24.3 Å². The molecule has 1 N–H and O–H groups in total. The number of aliphatic hydroxyl groups is 1. The Labute approximate surface area is 114 Å². The molecule has 2 rings (SSSR count). The topological polar surface area (TPSA) is 50.9 Å². The van der Waals surface area contributed by atoms with E-state index in [1.807, 2.05) is 42.8 Å². The zero-order chi connectivity index (χ0) is 14.0. The molecule has 0 bridgehead atoms. The van der Waals surface area contributed by atoms with Gasteiger partial charge in [-0.2, -0.15) is 5.10 Å². The minimum absolute atomic E-state index is 0.241. The monoisotopic (exact) mass is 259 g/mol. The van der Waals surface area contributed by atoms with Crippen LogP contribution in [0.3, 0.4) is 0 Å². The fraction of sp³-hybridized carbons (Fsp3) is 0.467. The number of benzene rings is 1. The van der Waals surface area contributed by atoms with Gasteiger partial charge in [0.15, 0.2) is 0 Å². The molecule has 1 atom stereocenters. The molecule has 0 spiro atoms. The van der Waals surface area contributed by atoms with Gasteiger partial charge >= 0.3 is 0 Å². The van der Waals surface area contributed by atoms with Gasteiger partial charge in [0.1, 0.15) is 12.2 Å². The molecule has 0 saturated carbocycles. The van der Waals surface area contributed by atoms with Crippen LogP contribution in [0.15, 0.2) is 30.6 Å². The van der Waals surface area contributed by atoms with Crippen LogP contribution >= 0.6 is 0 Å². The van der Waals surface area contributed by atoms with Gasteiger partial charge < -0.3 is 5.11 Å². The molecule has 1 unspecified atom stereocenters. The number of aryl methyl sites for hydroxylation is 1. The van der Waals surface area contributed by atoms with E-state index in [0.29, 0.717) is 6.42 Å². The van der Waals surface area contributed by atoms with Crippen molar-refractivity contribution in [3.05, 3.63) is 47.5 Å². The standard InChI is InChI=1S/C15H21N3O/c1-11(2)18-14(16-10-17-18)9-15(4,19)13-8-6-5-7-12(13)3/h5-8,10-11,19H,9H2,1-4H3. The zero-order valence-electron chi connectivity index (χ0n) is 12.0. The van der Waals surface area contributed by atoms with Crippen molar-refractivity contribution in [3.63, 3.8) is 0 Å². The average molecular weight is 259 g/mol. The minimum Gasteiger partial charge on any atom is -0.385 e. The second-order valence-corrected chi connectivity index (χ2v) is 5.48. The Kier molecular flexibility index (Phi) is 3.71. The van der Waals surface area contributed by atoms with Gasteiger partial charge in [-0.15, -0.1) is 0 Å². The molecule has 1 aromatic heterocycles. The normalized spacial score (nSPS) is 14.6. The summed E-state index contributed by atoms with van der Waals surface area (Å²) in [6.07, 6.45) is 2.00. The van der Waals surface area contributed by atoms with E-state index in [4.69, 9.17) is 0 Å². The Bertz CT molecular complexity index is 558. The summed E-state index contributed by atoms with van der Waals surface area (Å²) in [5, 5.41) is 15.0. The predicted octanol–water partition coefficient (Wildman–Crippen LogP) is 2.62. The fourth-order valence-electron chi connectivity index (χ4n) is 2.41. The van der Waals surface area contributed by atoms with Crippen LogP contribution in [-0.2, 0) is 12.0 Å². The first-order valence-corrected chi connectivity index (χ1v) is 6.58. The van der Waals surface area contributed by atoms with Gasteiger partial charge in [0.05, 0.1) is 5.60 Å². The summed E-state index contributed by atoms with van der Waals surface area (Å²) in [6.45, 7) is 7.95. The predicted molar refractivity (Wildman–Crippen MR) is 74.9 cm³/mol. The van der Waals surface area contributed by atoms with Gasteiger partial charge in [-0.25, -0.2) is 9.67 Å². The highest BCUT2D eigenvalue weighted by Crippen LogP contribution is 2.27. The Balaban J connectivity index is 2.31. The van der Waals surface area contributed by atoms with Crippen molar-refractivity contribution in [1.29, 1.82) is 0 Å².